The number of ether oxygens (including phenoxy) is 3. The summed E-state index contributed by atoms with van der Waals surface area (Å²) in [6.45, 7) is 0.149. The lowest BCUT2D eigenvalue weighted by atomic mass is 10.1. The van der Waals surface area contributed by atoms with Crippen LogP contribution < -0.4 is 14.8 Å². The van der Waals surface area contributed by atoms with E-state index in [-0.39, 0.29) is 42.2 Å². The van der Waals surface area contributed by atoms with Crippen molar-refractivity contribution in [3.05, 3.63) is 63.2 Å². The number of carbonyl (C=O) groups is 2. The molecule has 0 aliphatic carbocycles. The van der Waals surface area contributed by atoms with E-state index in [0.29, 0.717) is 6.07 Å². The zero-order valence-corrected chi connectivity index (χ0v) is 16.1. The van der Waals surface area contributed by atoms with E-state index in [1.807, 2.05) is 0 Å². The smallest absolute Gasteiger partial charge is 0.345 e. The SMILES string of the molecule is COC(=O)c1cc(OCCCNC(=O)c2ccc(F)cc2F)c(OC)cc1[N+](=O)[O-]. The quantitative estimate of drug-likeness (QED) is 0.285. The molecule has 0 aromatic heterocycles. The molecule has 0 aliphatic rings. The highest BCUT2D eigenvalue weighted by atomic mass is 19.1. The van der Waals surface area contributed by atoms with Crippen LogP contribution in [0.2, 0.25) is 0 Å². The Kier molecular flexibility index (Phi) is 7.62. The van der Waals surface area contributed by atoms with Gasteiger partial charge < -0.3 is 19.5 Å². The molecule has 0 atom stereocenters. The molecule has 0 bridgehead atoms. The number of nitrogens with one attached hydrogen (secondary N) is 1. The molecule has 2 aromatic rings. The topological polar surface area (TPSA) is 117 Å². The first kappa shape index (κ1) is 22.5. The van der Waals surface area contributed by atoms with Crippen molar-refractivity contribution in [2.75, 3.05) is 27.4 Å². The fraction of sp³-hybridized carbons (Fsp3) is 0.263. The van der Waals surface area contributed by atoms with E-state index in [1.54, 1.807) is 0 Å². The Morgan fingerprint density at radius 3 is 2.43 bits per heavy atom. The molecule has 9 nitrogen and oxygen atoms in total. The summed E-state index contributed by atoms with van der Waals surface area (Å²) in [5, 5.41) is 13.6. The summed E-state index contributed by atoms with van der Waals surface area (Å²) in [6.07, 6.45) is 0.280. The molecule has 2 aromatic carbocycles. The van der Waals surface area contributed by atoms with Crippen molar-refractivity contribution in [1.82, 2.24) is 5.32 Å². The number of nitrogens with zero attached hydrogens (tertiary/aromatic N) is 1. The van der Waals surface area contributed by atoms with Crippen molar-refractivity contribution >= 4 is 17.6 Å². The Bertz CT molecular complexity index is 966. The van der Waals surface area contributed by atoms with Gasteiger partial charge in [0, 0.05) is 18.7 Å². The molecule has 0 radical (unpaired) electrons. The average molecular weight is 424 g/mol. The van der Waals surface area contributed by atoms with Crippen LogP contribution in [0, 0.1) is 21.7 Å². The summed E-state index contributed by atoms with van der Waals surface area (Å²) in [7, 11) is 2.37. The third-order valence-electron chi connectivity index (χ3n) is 3.92. The van der Waals surface area contributed by atoms with Gasteiger partial charge in [-0.2, -0.15) is 0 Å². The second-order valence-corrected chi connectivity index (χ2v) is 5.85. The van der Waals surface area contributed by atoms with Crippen LogP contribution in [-0.4, -0.2) is 44.2 Å². The summed E-state index contributed by atoms with van der Waals surface area (Å²) in [6, 6.07) is 4.79. The van der Waals surface area contributed by atoms with Gasteiger partial charge >= 0.3 is 5.97 Å². The zero-order chi connectivity index (χ0) is 22.3. The summed E-state index contributed by atoms with van der Waals surface area (Å²) in [5.74, 6) is -3.29. The van der Waals surface area contributed by atoms with Gasteiger partial charge in [-0.25, -0.2) is 13.6 Å². The van der Waals surface area contributed by atoms with Crippen LogP contribution in [0.15, 0.2) is 30.3 Å². The van der Waals surface area contributed by atoms with Crippen molar-refractivity contribution in [2.24, 2.45) is 0 Å². The van der Waals surface area contributed by atoms with Gasteiger partial charge in [-0.3, -0.25) is 14.9 Å². The molecular formula is C19H18F2N2O7. The standard InChI is InChI=1S/C19H18F2N2O7/c1-28-16-10-15(23(26)27)13(19(25)29-2)9-17(16)30-7-3-6-22-18(24)12-5-4-11(20)8-14(12)21/h4-5,8-10H,3,6-7H2,1-2H3,(H,22,24). The number of amides is 1. The van der Waals surface area contributed by atoms with Gasteiger partial charge in [0.1, 0.15) is 17.2 Å². The van der Waals surface area contributed by atoms with Gasteiger partial charge in [0.25, 0.3) is 11.6 Å². The maximum atomic E-state index is 13.6. The van der Waals surface area contributed by atoms with E-state index in [9.17, 15) is 28.5 Å². The molecular weight excluding hydrogens is 406 g/mol. The zero-order valence-electron chi connectivity index (χ0n) is 16.1. The number of hydrogen-bond donors (Lipinski definition) is 1. The van der Waals surface area contributed by atoms with Crippen LogP contribution in [0.25, 0.3) is 0 Å². The number of halogens is 2. The third-order valence-corrected chi connectivity index (χ3v) is 3.92. The number of benzene rings is 2. The van der Waals surface area contributed by atoms with Crippen molar-refractivity contribution in [2.45, 2.75) is 6.42 Å². The van der Waals surface area contributed by atoms with Gasteiger partial charge in [-0.05, 0) is 18.6 Å². The molecule has 0 spiro atoms. The van der Waals surface area contributed by atoms with Crippen LogP contribution >= 0.6 is 0 Å². The van der Waals surface area contributed by atoms with E-state index in [2.05, 4.69) is 10.1 Å². The molecule has 0 unspecified atom stereocenters. The highest BCUT2D eigenvalue weighted by Crippen LogP contribution is 2.35. The Hall–Kier alpha value is -3.76. The minimum atomic E-state index is -0.977. The third kappa shape index (κ3) is 5.40. The lowest BCUT2D eigenvalue weighted by Gasteiger charge is -2.12. The van der Waals surface area contributed by atoms with Gasteiger partial charge in [0.15, 0.2) is 11.5 Å². The number of nitro benzene ring substituents is 1. The van der Waals surface area contributed by atoms with Crippen LogP contribution in [0.5, 0.6) is 11.5 Å². The molecule has 160 valence electrons. The van der Waals surface area contributed by atoms with E-state index < -0.39 is 34.1 Å². The van der Waals surface area contributed by atoms with Crippen molar-refractivity contribution in [3.8, 4) is 11.5 Å². The minimum Gasteiger partial charge on any atom is -0.493 e. The number of hydrogen-bond acceptors (Lipinski definition) is 7. The summed E-state index contributed by atoms with van der Waals surface area (Å²) < 4.78 is 41.6. The monoisotopic (exact) mass is 424 g/mol. The predicted molar refractivity (Wildman–Crippen MR) is 99.8 cm³/mol. The fourth-order valence-electron chi connectivity index (χ4n) is 2.47. The number of methoxy groups -OCH3 is 2. The Labute approximate surface area is 169 Å². The number of esters is 1. The van der Waals surface area contributed by atoms with Crippen molar-refractivity contribution in [1.29, 1.82) is 0 Å². The molecule has 30 heavy (non-hydrogen) atoms. The Morgan fingerprint density at radius 2 is 1.83 bits per heavy atom. The summed E-state index contributed by atoms with van der Waals surface area (Å²) in [5.41, 5.74) is -1.10. The Balaban J connectivity index is 1.99. The van der Waals surface area contributed by atoms with E-state index in [0.717, 1.165) is 31.4 Å². The van der Waals surface area contributed by atoms with E-state index >= 15 is 0 Å². The van der Waals surface area contributed by atoms with Crippen molar-refractivity contribution < 1.29 is 37.5 Å². The highest BCUT2D eigenvalue weighted by Gasteiger charge is 2.25. The molecule has 1 amide bonds. The molecule has 2 rings (SSSR count). The van der Waals surface area contributed by atoms with Crippen molar-refractivity contribution in [3.63, 3.8) is 0 Å². The fourth-order valence-corrected chi connectivity index (χ4v) is 2.47. The normalized spacial score (nSPS) is 10.3. The summed E-state index contributed by atoms with van der Waals surface area (Å²) >= 11 is 0. The highest BCUT2D eigenvalue weighted by molar-refractivity contribution is 5.95. The minimum absolute atomic E-state index is 0.0340. The maximum absolute atomic E-state index is 13.6. The van der Waals surface area contributed by atoms with E-state index in [4.69, 9.17) is 9.47 Å². The molecule has 11 heteroatoms. The van der Waals surface area contributed by atoms with E-state index in [1.165, 1.54) is 7.11 Å². The Morgan fingerprint density at radius 1 is 1.10 bits per heavy atom. The van der Waals surface area contributed by atoms with Crippen LogP contribution in [0.1, 0.15) is 27.1 Å². The number of nitro groups is 1. The molecule has 0 heterocycles. The molecule has 0 aliphatic heterocycles. The van der Waals surface area contributed by atoms with Gasteiger partial charge in [-0.15, -0.1) is 0 Å². The second-order valence-electron chi connectivity index (χ2n) is 5.85. The number of rotatable bonds is 9. The van der Waals surface area contributed by atoms with Gasteiger partial charge in [0.2, 0.25) is 0 Å². The predicted octanol–water partition coefficient (Wildman–Crippen LogP) is 2.87. The van der Waals surface area contributed by atoms with Crippen LogP contribution in [-0.2, 0) is 4.74 Å². The first-order valence-corrected chi connectivity index (χ1v) is 8.59. The largest absolute Gasteiger partial charge is 0.493 e. The van der Waals surface area contributed by atoms with Crippen LogP contribution in [0.3, 0.4) is 0 Å². The lowest BCUT2D eigenvalue weighted by molar-refractivity contribution is -0.385. The number of carbonyl (C=O) groups excluding carboxylic acids is 2. The second kappa shape index (κ2) is 10.1. The first-order valence-electron chi connectivity index (χ1n) is 8.59. The first-order chi connectivity index (χ1) is 14.3. The van der Waals surface area contributed by atoms with Gasteiger partial charge in [0.05, 0.1) is 37.4 Å². The molecule has 0 fully saturated rings. The molecule has 1 N–H and O–H groups in total. The molecule has 0 saturated carbocycles. The average Bonchev–Trinajstić information content (AvgIpc) is 2.72. The van der Waals surface area contributed by atoms with Crippen LogP contribution in [0.4, 0.5) is 14.5 Å². The molecule has 0 saturated heterocycles. The van der Waals surface area contributed by atoms with Gasteiger partial charge in [-0.1, -0.05) is 0 Å². The maximum Gasteiger partial charge on any atom is 0.345 e. The lowest BCUT2D eigenvalue weighted by Crippen LogP contribution is -2.26. The summed E-state index contributed by atoms with van der Waals surface area (Å²) in [4.78, 5) is 34.1.